The molecule has 0 saturated heterocycles. The quantitative estimate of drug-likeness (QED) is 0.692. The van der Waals surface area contributed by atoms with Crippen LogP contribution < -0.4 is 5.56 Å². The third-order valence-corrected chi connectivity index (χ3v) is 2.50. The number of halogens is 1. The average molecular weight is 229 g/mol. The number of hydrogen-bond acceptors (Lipinski definition) is 2. The first-order chi connectivity index (χ1) is 8.22. The largest absolute Gasteiger partial charge is 0.268 e. The van der Waals surface area contributed by atoms with Crippen molar-refractivity contribution in [1.82, 2.24) is 14.6 Å². The fraction of sp³-hybridized carbons (Fsp3) is 0. The zero-order chi connectivity index (χ0) is 11.8. The first kappa shape index (κ1) is 9.77. The first-order valence-electron chi connectivity index (χ1n) is 5.06. The molecule has 0 aliphatic carbocycles. The number of H-pyrrole nitrogens is 1. The molecule has 0 spiro atoms. The monoisotopic (exact) mass is 229 g/mol. The number of nitrogens with zero attached hydrogens (tertiary/aromatic N) is 2. The maximum absolute atomic E-state index is 13.1. The molecule has 0 amide bonds. The van der Waals surface area contributed by atoms with Gasteiger partial charge >= 0.3 is 0 Å². The molecule has 1 aromatic carbocycles. The SMILES string of the molecule is O=c1cc2ncc(-c3cccc(F)c3)cn2[nH]1. The van der Waals surface area contributed by atoms with E-state index in [4.69, 9.17) is 0 Å². The second-order valence-corrected chi connectivity index (χ2v) is 3.70. The molecule has 0 unspecified atom stereocenters. The summed E-state index contributed by atoms with van der Waals surface area (Å²) in [5.74, 6) is -0.302. The highest BCUT2D eigenvalue weighted by atomic mass is 19.1. The fourth-order valence-electron chi connectivity index (χ4n) is 1.72. The van der Waals surface area contributed by atoms with Crippen LogP contribution in [0.2, 0.25) is 0 Å². The zero-order valence-electron chi connectivity index (χ0n) is 8.72. The Labute approximate surface area is 95.3 Å². The topological polar surface area (TPSA) is 50.2 Å². The number of rotatable bonds is 1. The van der Waals surface area contributed by atoms with Crippen LogP contribution in [0.4, 0.5) is 4.39 Å². The summed E-state index contributed by atoms with van der Waals surface area (Å²) in [6.07, 6.45) is 3.32. The molecule has 0 fully saturated rings. The number of aromatic nitrogens is 3. The molecule has 0 saturated carbocycles. The molecule has 0 aliphatic heterocycles. The highest BCUT2D eigenvalue weighted by Crippen LogP contribution is 2.18. The van der Waals surface area contributed by atoms with Gasteiger partial charge in [0.25, 0.3) is 5.56 Å². The molecule has 17 heavy (non-hydrogen) atoms. The fourth-order valence-corrected chi connectivity index (χ4v) is 1.72. The van der Waals surface area contributed by atoms with Gasteiger partial charge in [-0.15, -0.1) is 0 Å². The van der Waals surface area contributed by atoms with Crippen molar-refractivity contribution in [3.63, 3.8) is 0 Å². The van der Waals surface area contributed by atoms with E-state index in [-0.39, 0.29) is 11.4 Å². The number of aromatic amines is 1. The van der Waals surface area contributed by atoms with E-state index in [1.807, 2.05) is 0 Å². The van der Waals surface area contributed by atoms with E-state index in [2.05, 4.69) is 10.1 Å². The predicted octanol–water partition coefficient (Wildman–Crippen LogP) is 1.83. The van der Waals surface area contributed by atoms with Gasteiger partial charge in [0.1, 0.15) is 5.82 Å². The summed E-state index contributed by atoms with van der Waals surface area (Å²) < 4.78 is 14.6. The highest BCUT2D eigenvalue weighted by Gasteiger charge is 2.02. The van der Waals surface area contributed by atoms with Gasteiger partial charge in [-0.25, -0.2) is 13.9 Å². The third-order valence-electron chi connectivity index (χ3n) is 2.50. The van der Waals surface area contributed by atoms with Gasteiger partial charge < -0.3 is 0 Å². The molecule has 1 N–H and O–H groups in total. The molecule has 2 heterocycles. The second-order valence-electron chi connectivity index (χ2n) is 3.70. The highest BCUT2D eigenvalue weighted by molar-refractivity contribution is 5.62. The standard InChI is InChI=1S/C12H8FN3O/c13-10-3-1-2-8(4-10)9-6-14-11-5-12(17)15-16(11)7-9/h1-7H,(H,15,17). The van der Waals surface area contributed by atoms with Gasteiger partial charge in [-0.1, -0.05) is 12.1 Å². The van der Waals surface area contributed by atoms with Gasteiger partial charge in [0.2, 0.25) is 0 Å². The molecule has 0 aliphatic rings. The summed E-state index contributed by atoms with van der Waals surface area (Å²) in [5.41, 5.74) is 1.78. The molecule has 0 bridgehead atoms. The summed E-state index contributed by atoms with van der Waals surface area (Å²) in [4.78, 5) is 15.2. The molecule has 3 rings (SSSR count). The molecule has 3 aromatic rings. The maximum Gasteiger partial charge on any atom is 0.266 e. The summed E-state index contributed by atoms with van der Waals surface area (Å²) >= 11 is 0. The van der Waals surface area contributed by atoms with E-state index in [9.17, 15) is 9.18 Å². The number of fused-ring (bicyclic) bond motifs is 1. The van der Waals surface area contributed by atoms with Gasteiger partial charge in [-0.05, 0) is 17.7 Å². The van der Waals surface area contributed by atoms with Crippen LogP contribution >= 0.6 is 0 Å². The Bertz CT molecular complexity index is 745. The van der Waals surface area contributed by atoms with Crippen molar-refractivity contribution in [2.24, 2.45) is 0 Å². The van der Waals surface area contributed by atoms with Crippen molar-refractivity contribution in [1.29, 1.82) is 0 Å². The van der Waals surface area contributed by atoms with E-state index in [1.165, 1.54) is 22.7 Å². The van der Waals surface area contributed by atoms with E-state index < -0.39 is 0 Å². The van der Waals surface area contributed by atoms with Crippen LogP contribution in [-0.2, 0) is 0 Å². The Hall–Kier alpha value is -2.43. The molecular formula is C12H8FN3O. The molecule has 2 aromatic heterocycles. The predicted molar refractivity (Wildman–Crippen MR) is 61.2 cm³/mol. The van der Waals surface area contributed by atoms with Gasteiger partial charge in [-0.2, -0.15) is 0 Å². The van der Waals surface area contributed by atoms with Crippen molar-refractivity contribution in [3.05, 3.63) is 58.9 Å². The molecular weight excluding hydrogens is 221 g/mol. The minimum atomic E-state index is -0.302. The van der Waals surface area contributed by atoms with Crippen LogP contribution in [-0.4, -0.2) is 14.6 Å². The second kappa shape index (κ2) is 3.55. The smallest absolute Gasteiger partial charge is 0.266 e. The third kappa shape index (κ3) is 1.71. The van der Waals surface area contributed by atoms with E-state index in [1.54, 1.807) is 24.5 Å². The Morgan fingerprint density at radius 3 is 2.94 bits per heavy atom. The Morgan fingerprint density at radius 2 is 2.12 bits per heavy atom. The van der Waals surface area contributed by atoms with Crippen LogP contribution in [0.1, 0.15) is 0 Å². The van der Waals surface area contributed by atoms with Gasteiger partial charge in [0, 0.05) is 24.0 Å². The van der Waals surface area contributed by atoms with Crippen molar-refractivity contribution in [3.8, 4) is 11.1 Å². The van der Waals surface area contributed by atoms with Crippen molar-refractivity contribution >= 4 is 5.65 Å². The molecule has 84 valence electrons. The van der Waals surface area contributed by atoms with Crippen LogP contribution in [0.15, 0.2) is 47.5 Å². The lowest BCUT2D eigenvalue weighted by Gasteiger charge is -2.02. The number of nitrogens with one attached hydrogen (secondary N) is 1. The summed E-state index contributed by atoms with van der Waals surface area (Å²) in [5, 5.41) is 2.59. The maximum atomic E-state index is 13.1. The van der Waals surface area contributed by atoms with E-state index >= 15 is 0 Å². The molecule has 4 nitrogen and oxygen atoms in total. The van der Waals surface area contributed by atoms with E-state index in [0.29, 0.717) is 11.2 Å². The Kier molecular flexibility index (Phi) is 2.04. The van der Waals surface area contributed by atoms with Crippen molar-refractivity contribution < 1.29 is 4.39 Å². The minimum Gasteiger partial charge on any atom is -0.268 e. The Morgan fingerprint density at radius 1 is 1.24 bits per heavy atom. The van der Waals surface area contributed by atoms with Crippen molar-refractivity contribution in [2.75, 3.05) is 0 Å². The Balaban J connectivity index is 2.20. The van der Waals surface area contributed by atoms with Crippen LogP contribution in [0, 0.1) is 5.82 Å². The number of hydrogen-bond donors (Lipinski definition) is 1. The summed E-state index contributed by atoms with van der Waals surface area (Å²) in [6.45, 7) is 0. The van der Waals surface area contributed by atoms with Crippen LogP contribution in [0.5, 0.6) is 0 Å². The molecule has 0 radical (unpaired) electrons. The lowest BCUT2D eigenvalue weighted by atomic mass is 10.1. The van der Waals surface area contributed by atoms with Gasteiger partial charge in [0.05, 0.1) is 0 Å². The summed E-state index contributed by atoms with van der Waals surface area (Å²) in [6, 6.07) is 7.62. The molecule has 0 atom stereocenters. The van der Waals surface area contributed by atoms with E-state index in [0.717, 1.165) is 5.56 Å². The van der Waals surface area contributed by atoms with Crippen LogP contribution in [0.25, 0.3) is 16.8 Å². The van der Waals surface area contributed by atoms with Crippen LogP contribution in [0.3, 0.4) is 0 Å². The lowest BCUT2D eigenvalue weighted by molar-refractivity contribution is 0.628. The normalized spacial score (nSPS) is 10.9. The molecule has 5 heteroatoms. The van der Waals surface area contributed by atoms with Crippen molar-refractivity contribution in [2.45, 2.75) is 0 Å². The first-order valence-corrected chi connectivity index (χ1v) is 5.06. The average Bonchev–Trinajstić information content (AvgIpc) is 2.68. The minimum absolute atomic E-state index is 0.214. The zero-order valence-corrected chi connectivity index (χ0v) is 8.72. The van der Waals surface area contributed by atoms with Gasteiger partial charge in [0.15, 0.2) is 5.65 Å². The van der Waals surface area contributed by atoms with Gasteiger partial charge in [-0.3, -0.25) is 9.89 Å². The summed E-state index contributed by atoms with van der Waals surface area (Å²) in [7, 11) is 0. The number of benzene rings is 1. The lowest BCUT2D eigenvalue weighted by Crippen LogP contribution is -1.98.